The van der Waals surface area contributed by atoms with Gasteiger partial charge in [-0.15, -0.1) is 5.10 Å². The number of nitrogens with two attached hydrogens (primary N) is 1. The summed E-state index contributed by atoms with van der Waals surface area (Å²) < 4.78 is 1.54. The van der Waals surface area contributed by atoms with Crippen LogP contribution in [0.3, 0.4) is 0 Å². The van der Waals surface area contributed by atoms with E-state index in [4.69, 9.17) is 5.73 Å². The van der Waals surface area contributed by atoms with Crippen LogP contribution in [0.5, 0.6) is 0 Å². The number of hydrogen-bond acceptors (Lipinski definition) is 5. The Bertz CT molecular complexity index is 633. The van der Waals surface area contributed by atoms with Crippen molar-refractivity contribution in [1.29, 1.82) is 0 Å². The van der Waals surface area contributed by atoms with Crippen LogP contribution in [0, 0.1) is 24.0 Å². The number of benzene rings is 1. The largest absolute Gasteiger partial charge is 0.323 e. The third-order valence-corrected chi connectivity index (χ3v) is 3.01. The van der Waals surface area contributed by atoms with Crippen molar-refractivity contribution >= 4 is 5.69 Å². The van der Waals surface area contributed by atoms with Crippen molar-refractivity contribution in [2.45, 2.75) is 26.8 Å². The zero-order valence-electron chi connectivity index (χ0n) is 11.0. The van der Waals surface area contributed by atoms with E-state index in [-0.39, 0.29) is 11.7 Å². The summed E-state index contributed by atoms with van der Waals surface area (Å²) in [4.78, 5) is 10.6. The van der Waals surface area contributed by atoms with Crippen LogP contribution in [0.1, 0.15) is 29.8 Å². The Hall–Kier alpha value is -2.28. The number of aryl methyl sites for hydroxylation is 1. The van der Waals surface area contributed by atoms with Gasteiger partial charge in [0.25, 0.3) is 5.69 Å². The first kappa shape index (κ1) is 13.2. The minimum atomic E-state index is -0.401. The third kappa shape index (κ3) is 2.32. The Morgan fingerprint density at radius 2 is 2.11 bits per heavy atom. The second-order valence-electron chi connectivity index (χ2n) is 4.51. The Kier molecular flexibility index (Phi) is 3.30. The predicted octanol–water partition coefficient (Wildman–Crippen LogP) is 1.81. The van der Waals surface area contributed by atoms with Gasteiger partial charge in [0, 0.05) is 12.1 Å². The van der Waals surface area contributed by atoms with E-state index in [0.717, 1.165) is 5.56 Å². The summed E-state index contributed by atoms with van der Waals surface area (Å²) in [5.74, 6) is 0. The highest BCUT2D eigenvalue weighted by Gasteiger charge is 2.18. The van der Waals surface area contributed by atoms with Crippen LogP contribution in [0.2, 0.25) is 0 Å². The number of rotatable bonds is 3. The van der Waals surface area contributed by atoms with E-state index in [1.165, 1.54) is 10.7 Å². The molecule has 2 N–H and O–H groups in total. The Balaban J connectivity index is 2.60. The smallest absolute Gasteiger partial charge is 0.274 e. The van der Waals surface area contributed by atoms with Gasteiger partial charge in [0.2, 0.25) is 0 Å². The molecule has 19 heavy (non-hydrogen) atoms. The fourth-order valence-corrected chi connectivity index (χ4v) is 1.97. The van der Waals surface area contributed by atoms with Gasteiger partial charge >= 0.3 is 0 Å². The predicted molar refractivity (Wildman–Crippen MR) is 70.1 cm³/mol. The van der Waals surface area contributed by atoms with E-state index in [1.54, 1.807) is 19.2 Å². The maximum atomic E-state index is 11.0. The first-order valence-corrected chi connectivity index (χ1v) is 5.84. The summed E-state index contributed by atoms with van der Waals surface area (Å²) in [6.07, 6.45) is 1.70. The molecule has 0 fully saturated rings. The van der Waals surface area contributed by atoms with Gasteiger partial charge in [0.1, 0.15) is 0 Å². The molecule has 100 valence electrons. The highest BCUT2D eigenvalue weighted by Crippen LogP contribution is 2.27. The van der Waals surface area contributed by atoms with Crippen LogP contribution in [0.25, 0.3) is 5.69 Å². The SMILES string of the molecule is Cc1ccc([N+](=O)[O-])c(C)c1-n1cc(C(C)N)nn1. The van der Waals surface area contributed by atoms with Crippen molar-refractivity contribution in [3.63, 3.8) is 0 Å². The highest BCUT2D eigenvalue weighted by atomic mass is 16.6. The van der Waals surface area contributed by atoms with Crippen LogP contribution in [-0.4, -0.2) is 19.9 Å². The molecule has 0 radical (unpaired) electrons. The molecule has 1 atom stereocenters. The molecule has 0 amide bonds. The molecule has 1 unspecified atom stereocenters. The van der Waals surface area contributed by atoms with Crippen molar-refractivity contribution in [3.8, 4) is 5.69 Å². The van der Waals surface area contributed by atoms with E-state index in [9.17, 15) is 10.1 Å². The molecular weight excluding hydrogens is 246 g/mol. The summed E-state index contributed by atoms with van der Waals surface area (Å²) in [5, 5.41) is 18.9. The lowest BCUT2D eigenvalue weighted by molar-refractivity contribution is -0.385. The minimum Gasteiger partial charge on any atom is -0.323 e. The first-order valence-electron chi connectivity index (χ1n) is 5.84. The van der Waals surface area contributed by atoms with Gasteiger partial charge in [0.05, 0.1) is 28.1 Å². The van der Waals surface area contributed by atoms with Crippen LogP contribution < -0.4 is 5.73 Å². The Morgan fingerprint density at radius 3 is 2.63 bits per heavy atom. The summed E-state index contributed by atoms with van der Waals surface area (Å²) >= 11 is 0. The molecule has 0 aliphatic heterocycles. The lowest BCUT2D eigenvalue weighted by Crippen LogP contribution is -2.05. The first-order chi connectivity index (χ1) is 8.91. The minimum absolute atomic E-state index is 0.0680. The zero-order valence-corrected chi connectivity index (χ0v) is 11.0. The van der Waals surface area contributed by atoms with E-state index >= 15 is 0 Å². The molecule has 7 nitrogen and oxygen atoms in total. The fourth-order valence-electron chi connectivity index (χ4n) is 1.97. The number of nitro benzene ring substituents is 1. The summed E-state index contributed by atoms with van der Waals surface area (Å²) in [6.45, 7) is 5.38. The van der Waals surface area contributed by atoms with Crippen LogP contribution >= 0.6 is 0 Å². The molecule has 0 aliphatic carbocycles. The van der Waals surface area contributed by atoms with E-state index in [1.807, 2.05) is 13.8 Å². The number of aromatic nitrogens is 3. The summed E-state index contributed by atoms with van der Waals surface area (Å²) in [5.41, 5.74) is 8.58. The molecule has 7 heteroatoms. The molecule has 0 spiro atoms. The topological polar surface area (TPSA) is 99.9 Å². The lowest BCUT2D eigenvalue weighted by Gasteiger charge is -2.09. The average Bonchev–Trinajstić information content (AvgIpc) is 2.78. The van der Waals surface area contributed by atoms with Crippen molar-refractivity contribution < 1.29 is 4.92 Å². The molecule has 1 aromatic heterocycles. The standard InChI is InChI=1S/C12H15N5O2/c1-7-4-5-11(17(18)19)8(2)12(7)16-6-10(9(3)13)14-15-16/h4-6,9H,13H2,1-3H3. The highest BCUT2D eigenvalue weighted by molar-refractivity contribution is 5.56. The molecule has 0 bridgehead atoms. The van der Waals surface area contributed by atoms with Gasteiger partial charge in [-0.2, -0.15) is 0 Å². The van der Waals surface area contributed by atoms with Gasteiger partial charge in [-0.05, 0) is 26.3 Å². The number of nitrogens with zero attached hydrogens (tertiary/aromatic N) is 4. The van der Waals surface area contributed by atoms with E-state index < -0.39 is 4.92 Å². The third-order valence-electron chi connectivity index (χ3n) is 3.01. The Labute approximate surface area is 110 Å². The molecule has 0 aliphatic rings. The maximum absolute atomic E-state index is 11.0. The van der Waals surface area contributed by atoms with Crippen molar-refractivity contribution in [2.75, 3.05) is 0 Å². The zero-order chi connectivity index (χ0) is 14.2. The monoisotopic (exact) mass is 261 g/mol. The number of hydrogen-bond donors (Lipinski definition) is 1. The van der Waals surface area contributed by atoms with E-state index in [0.29, 0.717) is 16.9 Å². The van der Waals surface area contributed by atoms with Crippen molar-refractivity contribution in [3.05, 3.63) is 45.3 Å². The van der Waals surface area contributed by atoms with E-state index in [2.05, 4.69) is 10.3 Å². The molecule has 0 saturated heterocycles. The maximum Gasteiger partial charge on any atom is 0.274 e. The summed E-state index contributed by atoms with van der Waals surface area (Å²) in [7, 11) is 0. The Morgan fingerprint density at radius 1 is 1.42 bits per heavy atom. The molecule has 0 saturated carbocycles. The van der Waals surface area contributed by atoms with Gasteiger partial charge in [-0.1, -0.05) is 11.3 Å². The second-order valence-corrected chi connectivity index (χ2v) is 4.51. The van der Waals surface area contributed by atoms with Gasteiger partial charge in [-0.3, -0.25) is 10.1 Å². The molecule has 2 rings (SSSR count). The molecule has 2 aromatic rings. The van der Waals surface area contributed by atoms with Crippen LogP contribution in [-0.2, 0) is 0 Å². The normalized spacial score (nSPS) is 12.4. The van der Waals surface area contributed by atoms with Gasteiger partial charge in [0.15, 0.2) is 0 Å². The molecule has 1 heterocycles. The van der Waals surface area contributed by atoms with Crippen molar-refractivity contribution in [1.82, 2.24) is 15.0 Å². The molecule has 1 aromatic carbocycles. The quantitative estimate of drug-likeness (QED) is 0.670. The lowest BCUT2D eigenvalue weighted by atomic mass is 10.1. The summed E-state index contributed by atoms with van der Waals surface area (Å²) in [6, 6.07) is 2.97. The fraction of sp³-hybridized carbons (Fsp3) is 0.333. The second kappa shape index (κ2) is 4.77. The van der Waals surface area contributed by atoms with Crippen LogP contribution in [0.15, 0.2) is 18.3 Å². The van der Waals surface area contributed by atoms with Gasteiger partial charge in [-0.25, -0.2) is 4.68 Å². The van der Waals surface area contributed by atoms with Crippen molar-refractivity contribution in [2.24, 2.45) is 5.73 Å². The van der Waals surface area contributed by atoms with Crippen LogP contribution in [0.4, 0.5) is 5.69 Å². The van der Waals surface area contributed by atoms with Gasteiger partial charge < -0.3 is 5.73 Å². The number of nitro groups is 1. The average molecular weight is 261 g/mol. The molecular formula is C12H15N5O2.